The molecule has 0 saturated carbocycles. The van der Waals surface area contributed by atoms with Crippen LogP contribution in [0.25, 0.3) is 11.8 Å². The van der Waals surface area contributed by atoms with E-state index in [1.165, 1.54) is 19.2 Å². The molecule has 0 amide bonds. The number of aliphatic hydroxyl groups is 1. The highest BCUT2D eigenvalue weighted by atomic mass is 19.1. The van der Waals surface area contributed by atoms with E-state index in [0.717, 1.165) is 34.5 Å². The van der Waals surface area contributed by atoms with Crippen LogP contribution >= 0.6 is 0 Å². The first-order chi connectivity index (χ1) is 16.2. The van der Waals surface area contributed by atoms with Gasteiger partial charge in [0.15, 0.2) is 0 Å². The lowest BCUT2D eigenvalue weighted by Gasteiger charge is -2.47. The van der Waals surface area contributed by atoms with Crippen molar-refractivity contribution in [1.29, 1.82) is 0 Å². The molecule has 34 heavy (non-hydrogen) atoms. The number of esters is 1. The van der Waals surface area contributed by atoms with E-state index in [0.29, 0.717) is 24.8 Å². The number of halogens is 1. The monoisotopic (exact) mass is 462 g/mol. The summed E-state index contributed by atoms with van der Waals surface area (Å²) >= 11 is 0. The largest absolute Gasteiger partial charge is 0.465 e. The zero-order valence-electron chi connectivity index (χ0n) is 20.1. The molecule has 1 heterocycles. The van der Waals surface area contributed by atoms with Gasteiger partial charge >= 0.3 is 5.97 Å². The molecule has 0 aliphatic heterocycles. The average molecular weight is 463 g/mol. The topological polar surface area (TPSA) is 64.3 Å². The minimum absolute atomic E-state index is 0.285. The number of ether oxygens (including phenoxy) is 1. The summed E-state index contributed by atoms with van der Waals surface area (Å²) in [7, 11) is 1.38. The maximum absolute atomic E-state index is 13.4. The molecule has 2 atom stereocenters. The van der Waals surface area contributed by atoms with Crippen molar-refractivity contribution >= 4 is 12.0 Å². The fraction of sp³-hybridized carbons (Fsp3) is 0.357. The summed E-state index contributed by atoms with van der Waals surface area (Å²) in [5.74, 6) is -0.655. The molecule has 0 radical (unpaired) electrons. The summed E-state index contributed by atoms with van der Waals surface area (Å²) in [5.41, 5.74) is 3.79. The average Bonchev–Trinajstić information content (AvgIpc) is 3.24. The van der Waals surface area contributed by atoms with E-state index in [9.17, 15) is 14.3 Å². The summed E-state index contributed by atoms with van der Waals surface area (Å²) in [5, 5.41) is 16.4. The van der Waals surface area contributed by atoms with Gasteiger partial charge in [0.25, 0.3) is 0 Å². The molecule has 178 valence electrons. The molecule has 0 bridgehead atoms. The summed E-state index contributed by atoms with van der Waals surface area (Å²) in [6.45, 7) is 6.08. The van der Waals surface area contributed by atoms with Gasteiger partial charge in [-0.15, -0.1) is 0 Å². The molecule has 0 saturated heterocycles. The van der Waals surface area contributed by atoms with Crippen molar-refractivity contribution in [2.45, 2.75) is 52.1 Å². The van der Waals surface area contributed by atoms with Gasteiger partial charge in [-0.05, 0) is 80.1 Å². The van der Waals surface area contributed by atoms with Crippen LogP contribution in [0.2, 0.25) is 0 Å². The highest BCUT2D eigenvalue weighted by molar-refractivity contribution is 5.91. The number of benzene rings is 2. The van der Waals surface area contributed by atoms with Gasteiger partial charge in [-0.25, -0.2) is 13.9 Å². The molecule has 5 nitrogen and oxygen atoms in total. The molecule has 1 N–H and O–H groups in total. The molecule has 6 heteroatoms. The number of nitrogens with zero attached hydrogens (tertiary/aromatic N) is 2. The third-order valence-corrected chi connectivity index (χ3v) is 7.39. The Bertz CT molecular complexity index is 1230. The molecule has 4 rings (SSSR count). The fourth-order valence-corrected chi connectivity index (χ4v) is 5.02. The molecular weight excluding hydrogens is 431 g/mol. The Morgan fingerprint density at radius 3 is 2.62 bits per heavy atom. The maximum Gasteiger partial charge on any atom is 0.338 e. The number of rotatable bonds is 7. The number of carbonyl (C=O) groups is 1. The number of hydrogen-bond donors (Lipinski definition) is 1. The van der Waals surface area contributed by atoms with Crippen LogP contribution in [0.15, 0.2) is 60.3 Å². The smallest absolute Gasteiger partial charge is 0.338 e. The Labute approximate surface area is 199 Å². The second kappa shape index (κ2) is 9.18. The Morgan fingerprint density at radius 1 is 1.24 bits per heavy atom. The first kappa shape index (κ1) is 23.9. The van der Waals surface area contributed by atoms with Crippen LogP contribution in [-0.4, -0.2) is 33.6 Å². The van der Waals surface area contributed by atoms with Crippen LogP contribution < -0.4 is 0 Å². The minimum Gasteiger partial charge on any atom is -0.465 e. The second-order valence-electron chi connectivity index (χ2n) is 9.40. The minimum atomic E-state index is -1.03. The first-order valence-corrected chi connectivity index (χ1v) is 11.6. The third-order valence-electron chi connectivity index (χ3n) is 7.39. The van der Waals surface area contributed by atoms with Gasteiger partial charge in [-0.1, -0.05) is 37.6 Å². The van der Waals surface area contributed by atoms with Crippen molar-refractivity contribution in [1.82, 2.24) is 9.78 Å². The van der Waals surface area contributed by atoms with Crippen molar-refractivity contribution in [3.63, 3.8) is 0 Å². The molecule has 0 spiro atoms. The molecule has 0 fully saturated rings. The van der Waals surface area contributed by atoms with E-state index in [2.05, 4.69) is 25.0 Å². The second-order valence-corrected chi connectivity index (χ2v) is 9.40. The number of aryl methyl sites for hydroxylation is 1. The quantitative estimate of drug-likeness (QED) is 0.469. The van der Waals surface area contributed by atoms with E-state index in [4.69, 9.17) is 4.74 Å². The van der Waals surface area contributed by atoms with Crippen molar-refractivity contribution in [3.8, 4) is 5.69 Å². The highest BCUT2D eigenvalue weighted by Gasteiger charge is 2.47. The van der Waals surface area contributed by atoms with E-state index >= 15 is 0 Å². The van der Waals surface area contributed by atoms with Crippen molar-refractivity contribution < 1.29 is 19.0 Å². The fourth-order valence-electron chi connectivity index (χ4n) is 5.02. The SMILES string of the molecule is CCC1=Cc2c(cnn2-c2ccc(F)cc2)CC1(C)[C@](C)(O)CCc1ccccc1C(=O)OC. The summed E-state index contributed by atoms with van der Waals surface area (Å²) in [6.07, 6.45) is 6.39. The van der Waals surface area contributed by atoms with Crippen LogP contribution in [0.4, 0.5) is 4.39 Å². The van der Waals surface area contributed by atoms with Crippen LogP contribution in [0.3, 0.4) is 0 Å². The van der Waals surface area contributed by atoms with Gasteiger partial charge in [-0.3, -0.25) is 0 Å². The van der Waals surface area contributed by atoms with E-state index < -0.39 is 11.0 Å². The van der Waals surface area contributed by atoms with Gasteiger partial charge in [0.1, 0.15) is 5.82 Å². The predicted octanol–water partition coefficient (Wildman–Crippen LogP) is 5.54. The van der Waals surface area contributed by atoms with Crippen molar-refractivity contribution in [2.24, 2.45) is 5.41 Å². The third kappa shape index (κ3) is 4.18. The van der Waals surface area contributed by atoms with Crippen LogP contribution in [-0.2, 0) is 17.6 Å². The number of carbonyl (C=O) groups excluding carboxylic acids is 1. The summed E-state index contributed by atoms with van der Waals surface area (Å²) in [4.78, 5) is 12.2. The standard InChI is InChI=1S/C28H31FN2O3/c1-5-21-16-25-20(18-30-31(25)23-12-10-22(29)11-13-23)17-27(21,2)28(3,33)15-14-19-8-6-7-9-24(19)26(32)34-4/h6-13,16,18,33H,5,14-15,17H2,1-4H3/t27?,28-/m1/s1. The predicted molar refractivity (Wildman–Crippen MR) is 130 cm³/mol. The number of aromatic nitrogens is 2. The first-order valence-electron chi connectivity index (χ1n) is 11.6. The molecule has 2 aromatic carbocycles. The van der Waals surface area contributed by atoms with Crippen molar-refractivity contribution in [3.05, 3.63) is 88.5 Å². The van der Waals surface area contributed by atoms with Gasteiger partial charge in [0, 0.05) is 5.41 Å². The summed E-state index contributed by atoms with van der Waals surface area (Å²) < 4.78 is 20.2. The number of hydrogen-bond acceptors (Lipinski definition) is 4. The zero-order chi connectivity index (χ0) is 24.5. The molecule has 1 aliphatic rings. The van der Waals surface area contributed by atoms with E-state index in [1.54, 1.807) is 18.2 Å². The Kier molecular flexibility index (Phi) is 6.45. The lowest BCUT2D eigenvalue weighted by atomic mass is 9.61. The molecule has 1 unspecified atom stereocenters. The van der Waals surface area contributed by atoms with E-state index in [-0.39, 0.29) is 11.8 Å². The Balaban J connectivity index is 1.63. The molecular formula is C28H31FN2O3. The normalized spacial score (nSPS) is 19.2. The van der Waals surface area contributed by atoms with Crippen LogP contribution in [0.1, 0.15) is 60.8 Å². The van der Waals surface area contributed by atoms with Crippen molar-refractivity contribution in [2.75, 3.05) is 7.11 Å². The van der Waals surface area contributed by atoms with Gasteiger partial charge < -0.3 is 9.84 Å². The molecule has 3 aromatic rings. The van der Waals surface area contributed by atoms with Gasteiger partial charge in [0.05, 0.1) is 35.9 Å². The number of methoxy groups -OCH3 is 1. The Morgan fingerprint density at radius 2 is 1.94 bits per heavy atom. The van der Waals surface area contributed by atoms with Gasteiger partial charge in [-0.2, -0.15) is 5.10 Å². The lowest BCUT2D eigenvalue weighted by molar-refractivity contribution is -0.0487. The molecule has 1 aliphatic carbocycles. The van der Waals surface area contributed by atoms with Crippen LogP contribution in [0.5, 0.6) is 0 Å². The molecule has 1 aromatic heterocycles. The number of fused-ring (bicyclic) bond motifs is 1. The van der Waals surface area contributed by atoms with Gasteiger partial charge in [0.2, 0.25) is 0 Å². The van der Waals surface area contributed by atoms with Crippen LogP contribution in [0, 0.1) is 11.2 Å². The maximum atomic E-state index is 13.4. The highest BCUT2D eigenvalue weighted by Crippen LogP contribution is 2.49. The zero-order valence-corrected chi connectivity index (χ0v) is 20.1. The van der Waals surface area contributed by atoms with E-state index in [1.807, 2.05) is 36.0 Å². The summed E-state index contributed by atoms with van der Waals surface area (Å²) in [6, 6.07) is 13.7. The Hall–Kier alpha value is -3.25. The lowest BCUT2D eigenvalue weighted by Crippen LogP contribution is -2.48.